The van der Waals surface area contributed by atoms with Gasteiger partial charge in [-0.15, -0.1) is 0 Å². The highest BCUT2D eigenvalue weighted by Crippen LogP contribution is 2.18. The monoisotopic (exact) mass is 282 g/mol. The number of hydrogen-bond donors (Lipinski definition) is 1. The van der Waals surface area contributed by atoms with Crippen molar-refractivity contribution in [3.05, 3.63) is 35.4 Å². The molecule has 3 nitrogen and oxygen atoms in total. The van der Waals surface area contributed by atoms with E-state index in [1.807, 2.05) is 13.8 Å². The van der Waals surface area contributed by atoms with Gasteiger partial charge in [0.15, 0.2) is 0 Å². The molecule has 20 heavy (non-hydrogen) atoms. The average molecular weight is 282 g/mol. The Morgan fingerprint density at radius 1 is 1.40 bits per heavy atom. The lowest BCUT2D eigenvalue weighted by Gasteiger charge is -2.33. The van der Waals surface area contributed by atoms with Crippen LogP contribution < -0.4 is 5.32 Å². The van der Waals surface area contributed by atoms with Crippen molar-refractivity contribution in [2.24, 2.45) is 0 Å². The molecule has 0 aliphatic carbocycles. The first-order valence-electron chi connectivity index (χ1n) is 6.96. The van der Waals surface area contributed by atoms with E-state index in [-0.39, 0.29) is 30.1 Å². The summed E-state index contributed by atoms with van der Waals surface area (Å²) < 4.78 is 26.8. The lowest BCUT2D eigenvalue weighted by molar-refractivity contribution is -0.136. The topological polar surface area (TPSA) is 32.3 Å². The summed E-state index contributed by atoms with van der Waals surface area (Å²) >= 11 is 0. The van der Waals surface area contributed by atoms with E-state index >= 15 is 0 Å². The first kappa shape index (κ1) is 14.9. The summed E-state index contributed by atoms with van der Waals surface area (Å²) in [5.41, 5.74) is 0.226. The summed E-state index contributed by atoms with van der Waals surface area (Å²) in [5.74, 6) is -0.991. The second-order valence-electron chi connectivity index (χ2n) is 5.51. The fourth-order valence-corrected chi connectivity index (χ4v) is 2.52. The molecule has 0 radical (unpaired) electrons. The third kappa shape index (κ3) is 3.54. The number of rotatable bonds is 4. The van der Waals surface area contributed by atoms with Crippen LogP contribution in [-0.4, -0.2) is 29.4 Å². The number of nitrogens with zero attached hydrogens (tertiary/aromatic N) is 1. The van der Waals surface area contributed by atoms with Gasteiger partial charge >= 0.3 is 0 Å². The Hall–Kier alpha value is -1.49. The highest BCUT2D eigenvalue weighted by atomic mass is 19.1. The van der Waals surface area contributed by atoms with Crippen molar-refractivity contribution >= 4 is 5.91 Å². The molecule has 1 unspecified atom stereocenters. The maximum atomic E-state index is 13.6. The summed E-state index contributed by atoms with van der Waals surface area (Å²) in [6, 6.07) is 3.33. The molecular formula is C15H20F2N2O. The summed E-state index contributed by atoms with van der Waals surface area (Å²) in [4.78, 5) is 13.9. The van der Waals surface area contributed by atoms with Crippen LogP contribution in [-0.2, 0) is 11.3 Å². The Morgan fingerprint density at radius 3 is 2.85 bits per heavy atom. The van der Waals surface area contributed by atoms with E-state index in [0.717, 1.165) is 31.0 Å². The Bertz CT molecular complexity index is 491. The third-order valence-corrected chi connectivity index (χ3v) is 3.43. The minimum Gasteiger partial charge on any atom is -0.337 e. The molecule has 1 aromatic carbocycles. The van der Waals surface area contributed by atoms with E-state index in [9.17, 15) is 13.6 Å². The van der Waals surface area contributed by atoms with Crippen molar-refractivity contribution in [1.82, 2.24) is 10.2 Å². The van der Waals surface area contributed by atoms with Crippen LogP contribution >= 0.6 is 0 Å². The lowest BCUT2D eigenvalue weighted by atomic mass is 10.0. The Kier molecular flexibility index (Phi) is 4.70. The minimum absolute atomic E-state index is 0.0337. The first-order chi connectivity index (χ1) is 9.47. The van der Waals surface area contributed by atoms with Crippen LogP contribution in [0, 0.1) is 11.6 Å². The smallest absolute Gasteiger partial charge is 0.240 e. The van der Waals surface area contributed by atoms with Gasteiger partial charge in [0.05, 0.1) is 6.04 Å². The molecule has 0 saturated carbocycles. The quantitative estimate of drug-likeness (QED) is 0.920. The van der Waals surface area contributed by atoms with Gasteiger partial charge in [0.2, 0.25) is 5.91 Å². The van der Waals surface area contributed by atoms with Crippen LogP contribution in [0.2, 0.25) is 0 Å². The highest BCUT2D eigenvalue weighted by Gasteiger charge is 2.29. The van der Waals surface area contributed by atoms with Crippen molar-refractivity contribution < 1.29 is 13.6 Å². The van der Waals surface area contributed by atoms with Gasteiger partial charge in [0.1, 0.15) is 11.6 Å². The van der Waals surface area contributed by atoms with E-state index in [1.165, 1.54) is 0 Å². The second kappa shape index (κ2) is 6.31. The number of piperidine rings is 1. The average Bonchev–Trinajstić information content (AvgIpc) is 2.38. The molecule has 1 atom stereocenters. The van der Waals surface area contributed by atoms with Gasteiger partial charge in [0, 0.05) is 24.7 Å². The molecule has 0 spiro atoms. The predicted molar refractivity (Wildman–Crippen MR) is 73.1 cm³/mol. The van der Waals surface area contributed by atoms with Gasteiger partial charge in [-0.05, 0) is 31.0 Å². The Balaban J connectivity index is 2.08. The number of halogens is 2. The zero-order valence-electron chi connectivity index (χ0n) is 11.8. The van der Waals surface area contributed by atoms with Crippen LogP contribution in [0.5, 0.6) is 0 Å². The predicted octanol–water partition coefficient (Wildman–Crippen LogP) is 2.45. The molecule has 110 valence electrons. The van der Waals surface area contributed by atoms with E-state index < -0.39 is 11.6 Å². The van der Waals surface area contributed by atoms with Crippen molar-refractivity contribution in [3.63, 3.8) is 0 Å². The van der Waals surface area contributed by atoms with Gasteiger partial charge in [-0.2, -0.15) is 0 Å². The van der Waals surface area contributed by atoms with Crippen molar-refractivity contribution in [2.75, 3.05) is 6.54 Å². The van der Waals surface area contributed by atoms with Gasteiger partial charge < -0.3 is 10.2 Å². The molecule has 1 aliphatic heterocycles. The molecule has 1 fully saturated rings. The van der Waals surface area contributed by atoms with E-state index in [0.29, 0.717) is 6.54 Å². The highest BCUT2D eigenvalue weighted by molar-refractivity contribution is 5.82. The number of hydrogen-bond acceptors (Lipinski definition) is 2. The molecule has 1 saturated heterocycles. The summed E-state index contributed by atoms with van der Waals surface area (Å²) in [7, 11) is 0. The first-order valence-corrected chi connectivity index (χ1v) is 6.96. The largest absolute Gasteiger partial charge is 0.337 e. The van der Waals surface area contributed by atoms with Crippen LogP contribution in [0.1, 0.15) is 32.3 Å². The zero-order chi connectivity index (χ0) is 14.7. The number of nitrogens with one attached hydrogen (secondary N) is 1. The molecule has 5 heteroatoms. The van der Waals surface area contributed by atoms with E-state index in [4.69, 9.17) is 0 Å². The maximum Gasteiger partial charge on any atom is 0.240 e. The third-order valence-electron chi connectivity index (χ3n) is 3.43. The summed E-state index contributed by atoms with van der Waals surface area (Å²) in [5, 5.41) is 3.21. The molecule has 1 aromatic rings. The molecule has 0 aromatic heterocycles. The fraction of sp³-hybridized carbons (Fsp3) is 0.533. The fourth-order valence-electron chi connectivity index (χ4n) is 2.52. The molecule has 1 heterocycles. The standard InChI is InChI=1S/C15H20F2N2O/c1-10(2)18-14-4-3-7-19(15(14)20)9-11-8-12(16)5-6-13(11)17/h5-6,8,10,14,18H,3-4,7,9H2,1-2H3. The van der Waals surface area contributed by atoms with E-state index in [1.54, 1.807) is 4.90 Å². The van der Waals surface area contributed by atoms with Crippen LogP contribution in [0.25, 0.3) is 0 Å². The molecule has 1 amide bonds. The molecular weight excluding hydrogens is 262 g/mol. The van der Waals surface area contributed by atoms with Gasteiger partial charge in [-0.1, -0.05) is 13.8 Å². The molecule has 2 rings (SSSR count). The number of carbonyl (C=O) groups excluding carboxylic acids is 1. The van der Waals surface area contributed by atoms with Gasteiger partial charge in [0.25, 0.3) is 0 Å². The normalized spacial score (nSPS) is 19.8. The van der Waals surface area contributed by atoms with Gasteiger partial charge in [-0.3, -0.25) is 4.79 Å². The SMILES string of the molecule is CC(C)NC1CCCN(Cc2cc(F)ccc2F)C1=O. The summed E-state index contributed by atoms with van der Waals surface area (Å²) in [6.07, 6.45) is 1.66. The van der Waals surface area contributed by atoms with Crippen molar-refractivity contribution in [1.29, 1.82) is 0 Å². The van der Waals surface area contributed by atoms with Crippen LogP contribution in [0.3, 0.4) is 0 Å². The number of likely N-dealkylation sites (tertiary alicyclic amines) is 1. The van der Waals surface area contributed by atoms with E-state index in [2.05, 4.69) is 5.32 Å². The molecule has 1 N–H and O–H groups in total. The molecule has 0 bridgehead atoms. The van der Waals surface area contributed by atoms with Crippen molar-refractivity contribution in [3.8, 4) is 0 Å². The molecule has 1 aliphatic rings. The zero-order valence-corrected chi connectivity index (χ0v) is 11.8. The van der Waals surface area contributed by atoms with Crippen molar-refractivity contribution in [2.45, 2.75) is 45.3 Å². The Labute approximate surface area is 118 Å². The number of amides is 1. The Morgan fingerprint density at radius 2 is 2.15 bits per heavy atom. The number of carbonyl (C=O) groups is 1. The second-order valence-corrected chi connectivity index (χ2v) is 5.51. The van der Waals surface area contributed by atoms with Crippen LogP contribution in [0.15, 0.2) is 18.2 Å². The van der Waals surface area contributed by atoms with Gasteiger partial charge in [-0.25, -0.2) is 8.78 Å². The minimum atomic E-state index is -0.484. The lowest BCUT2D eigenvalue weighted by Crippen LogP contribution is -2.52. The summed E-state index contributed by atoms with van der Waals surface area (Å²) in [6.45, 7) is 4.68. The van der Waals surface area contributed by atoms with Crippen LogP contribution in [0.4, 0.5) is 8.78 Å². The number of benzene rings is 1. The maximum absolute atomic E-state index is 13.6.